The molecule has 0 aliphatic carbocycles. The number of nitrogens with two attached hydrogens (primary N) is 1. The van der Waals surface area contributed by atoms with Crippen molar-refractivity contribution in [3.8, 4) is 6.07 Å². The Kier molecular flexibility index (Phi) is 3.78. The van der Waals surface area contributed by atoms with Crippen molar-refractivity contribution in [2.45, 2.75) is 24.5 Å². The fraction of sp³-hybridized carbons (Fsp3) is 0.545. The Bertz CT molecular complexity index is 737. The molecular weight excluding hydrogens is 294 g/mol. The quantitative estimate of drug-likeness (QED) is 0.364. The Labute approximate surface area is 123 Å². The van der Waals surface area contributed by atoms with E-state index in [9.17, 15) is 20.3 Å². The number of aromatic nitrogens is 2. The molecule has 4 atom stereocenters. The molecule has 0 radical (unpaired) electrons. The number of aliphatic hydroxyl groups is 2. The first-order chi connectivity index (χ1) is 10.4. The molecule has 4 N–H and O–H groups in total. The molecule has 1 aliphatic heterocycles. The Balaban J connectivity index is 2.68. The summed E-state index contributed by atoms with van der Waals surface area (Å²) in [6, 6.07) is 3.06. The van der Waals surface area contributed by atoms with E-state index in [1.54, 1.807) is 6.07 Å². The topological polar surface area (TPSA) is 183 Å². The van der Waals surface area contributed by atoms with Gasteiger partial charge >= 0.3 is 5.69 Å². The van der Waals surface area contributed by atoms with E-state index >= 15 is 0 Å². The summed E-state index contributed by atoms with van der Waals surface area (Å²) in [4.78, 5) is 18.0. The van der Waals surface area contributed by atoms with Crippen molar-refractivity contribution in [3.05, 3.63) is 33.2 Å². The maximum absolute atomic E-state index is 12.0. The number of nitrogens with zero attached hydrogens (tertiary/aromatic N) is 6. The van der Waals surface area contributed by atoms with Crippen LogP contribution in [0.2, 0.25) is 0 Å². The van der Waals surface area contributed by atoms with Crippen LogP contribution in [0.4, 0.5) is 5.82 Å². The van der Waals surface area contributed by atoms with Crippen molar-refractivity contribution >= 4 is 5.82 Å². The molecule has 2 rings (SSSR count). The minimum atomic E-state index is -2.08. The highest BCUT2D eigenvalue weighted by molar-refractivity contribution is 5.25. The predicted molar refractivity (Wildman–Crippen MR) is 71.7 cm³/mol. The number of hydrogen-bond acceptors (Lipinski definition) is 8. The number of azide groups is 1. The summed E-state index contributed by atoms with van der Waals surface area (Å²) < 4.78 is 6.24. The van der Waals surface area contributed by atoms with Gasteiger partial charge in [0.2, 0.25) is 5.72 Å². The number of anilines is 1. The normalized spacial score (nSPS) is 33.9. The lowest BCUT2D eigenvalue weighted by atomic mass is 9.91. The van der Waals surface area contributed by atoms with Crippen molar-refractivity contribution in [2.75, 3.05) is 12.3 Å². The zero-order valence-electron chi connectivity index (χ0n) is 11.5. The molecule has 0 unspecified atom stereocenters. The fourth-order valence-electron chi connectivity index (χ4n) is 2.46. The third-order valence-electron chi connectivity index (χ3n) is 3.67. The number of aliphatic hydroxyl groups excluding tert-OH is 2. The van der Waals surface area contributed by atoms with Gasteiger partial charge in [-0.1, -0.05) is 12.0 Å². The van der Waals surface area contributed by atoms with Gasteiger partial charge in [0, 0.05) is 17.0 Å². The lowest BCUT2D eigenvalue weighted by Gasteiger charge is -2.28. The number of ether oxygens (including phenoxy) is 1. The van der Waals surface area contributed by atoms with Crippen LogP contribution < -0.4 is 11.4 Å². The molecule has 22 heavy (non-hydrogen) atoms. The van der Waals surface area contributed by atoms with Crippen molar-refractivity contribution in [3.63, 3.8) is 0 Å². The minimum Gasteiger partial charge on any atom is -0.393 e. The van der Waals surface area contributed by atoms with Crippen LogP contribution in [0.5, 0.6) is 0 Å². The van der Waals surface area contributed by atoms with Crippen molar-refractivity contribution in [1.82, 2.24) is 9.55 Å². The second-order valence-electron chi connectivity index (χ2n) is 4.84. The summed E-state index contributed by atoms with van der Waals surface area (Å²) in [6.45, 7) is 0.546. The first-order valence-electron chi connectivity index (χ1n) is 6.19. The molecule has 0 saturated carbocycles. The fourth-order valence-corrected chi connectivity index (χ4v) is 2.46. The molecule has 0 amide bonds. The van der Waals surface area contributed by atoms with Crippen LogP contribution in [0.25, 0.3) is 10.4 Å². The zero-order chi connectivity index (χ0) is 16.5. The lowest BCUT2D eigenvalue weighted by Crippen LogP contribution is -2.46. The molecular formula is C11H13N7O4. The molecule has 0 spiro atoms. The van der Waals surface area contributed by atoms with Crippen molar-refractivity contribution in [1.29, 1.82) is 5.26 Å². The molecule has 0 bridgehead atoms. The summed E-state index contributed by atoms with van der Waals surface area (Å²) in [5, 5.41) is 32.5. The SMILES string of the molecule is C[C@H]1[C@H](O)[C@](CO)(N=[N+]=[N-])O[C@@]1(C#N)n1ccc(N)nc1=O. The molecule has 1 fully saturated rings. The second-order valence-corrected chi connectivity index (χ2v) is 4.84. The van der Waals surface area contributed by atoms with Gasteiger partial charge in [0.1, 0.15) is 11.9 Å². The summed E-state index contributed by atoms with van der Waals surface area (Å²) in [7, 11) is 0. The third kappa shape index (κ3) is 1.99. The maximum atomic E-state index is 12.0. The van der Waals surface area contributed by atoms with E-state index < -0.39 is 35.8 Å². The van der Waals surface area contributed by atoms with Gasteiger partial charge in [-0.2, -0.15) is 10.2 Å². The van der Waals surface area contributed by atoms with E-state index in [4.69, 9.17) is 16.0 Å². The van der Waals surface area contributed by atoms with Crippen LogP contribution in [0.1, 0.15) is 6.92 Å². The largest absolute Gasteiger partial charge is 0.393 e. The molecule has 0 aromatic carbocycles. The van der Waals surface area contributed by atoms with E-state index in [0.29, 0.717) is 0 Å². The molecule has 116 valence electrons. The maximum Gasteiger partial charge on any atom is 0.352 e. The predicted octanol–water partition coefficient (Wildman–Crippen LogP) is -0.972. The highest BCUT2D eigenvalue weighted by Gasteiger charge is 2.62. The van der Waals surface area contributed by atoms with E-state index in [1.165, 1.54) is 19.2 Å². The van der Waals surface area contributed by atoms with Gasteiger partial charge < -0.3 is 20.7 Å². The highest BCUT2D eigenvalue weighted by atomic mass is 16.6. The zero-order valence-corrected chi connectivity index (χ0v) is 11.5. The molecule has 1 aromatic heterocycles. The Morgan fingerprint density at radius 2 is 2.45 bits per heavy atom. The molecule has 2 heterocycles. The Morgan fingerprint density at radius 3 is 2.95 bits per heavy atom. The van der Waals surface area contributed by atoms with Gasteiger partial charge in [0.25, 0.3) is 0 Å². The summed E-state index contributed by atoms with van der Waals surface area (Å²) >= 11 is 0. The van der Waals surface area contributed by atoms with Gasteiger partial charge in [-0.15, -0.1) is 0 Å². The van der Waals surface area contributed by atoms with Crippen LogP contribution in [-0.4, -0.2) is 38.2 Å². The number of hydrogen-bond donors (Lipinski definition) is 3. The van der Waals surface area contributed by atoms with Gasteiger partial charge in [0.05, 0.1) is 12.7 Å². The summed E-state index contributed by atoms with van der Waals surface area (Å²) in [5.74, 6) is -1.05. The number of rotatable bonds is 3. The van der Waals surface area contributed by atoms with Gasteiger partial charge in [-0.3, -0.25) is 4.57 Å². The minimum absolute atomic E-state index is 0.0518. The highest BCUT2D eigenvalue weighted by Crippen LogP contribution is 2.45. The van der Waals surface area contributed by atoms with Gasteiger partial charge in [0.15, 0.2) is 5.72 Å². The second kappa shape index (κ2) is 5.28. The van der Waals surface area contributed by atoms with Crippen molar-refractivity contribution in [2.24, 2.45) is 11.0 Å². The van der Waals surface area contributed by atoms with E-state index in [2.05, 4.69) is 15.0 Å². The van der Waals surface area contributed by atoms with Gasteiger partial charge in [-0.05, 0) is 11.6 Å². The first-order valence-corrected chi connectivity index (χ1v) is 6.19. The van der Waals surface area contributed by atoms with Crippen LogP contribution >= 0.6 is 0 Å². The standard InChI is InChI=1S/C11H13N7O4/c1-6-8(20)10(5-19,16-17-14)22-11(6,4-12)18-3-2-7(13)15-9(18)21/h2-3,6,8,19-20H,5H2,1H3,(H2,13,15,21)/t6-,8-,10+,11+/m0/s1. The first kappa shape index (κ1) is 15.7. The van der Waals surface area contributed by atoms with Crippen LogP contribution in [0, 0.1) is 17.2 Å². The van der Waals surface area contributed by atoms with Crippen molar-refractivity contribution < 1.29 is 14.9 Å². The lowest BCUT2D eigenvalue weighted by molar-refractivity contribution is -0.154. The van der Waals surface area contributed by atoms with Crippen LogP contribution in [0.3, 0.4) is 0 Å². The van der Waals surface area contributed by atoms with Crippen LogP contribution in [-0.2, 0) is 10.5 Å². The summed E-state index contributed by atoms with van der Waals surface area (Å²) in [6.07, 6.45) is -0.335. The molecule has 1 saturated heterocycles. The average molecular weight is 307 g/mol. The molecule has 11 heteroatoms. The number of nitriles is 1. The molecule has 1 aromatic rings. The number of nitrogen functional groups attached to an aromatic ring is 1. The average Bonchev–Trinajstić information content (AvgIpc) is 2.71. The van der Waals surface area contributed by atoms with E-state index in [-0.39, 0.29) is 5.82 Å². The van der Waals surface area contributed by atoms with E-state index in [1.807, 2.05) is 0 Å². The van der Waals surface area contributed by atoms with Gasteiger partial charge in [-0.25, -0.2) is 4.79 Å². The smallest absolute Gasteiger partial charge is 0.352 e. The van der Waals surface area contributed by atoms with Crippen LogP contribution in [0.15, 0.2) is 22.2 Å². The Hall–Kier alpha value is -2.64. The monoisotopic (exact) mass is 307 g/mol. The molecule has 11 nitrogen and oxygen atoms in total. The molecule has 1 aliphatic rings. The Morgan fingerprint density at radius 1 is 1.77 bits per heavy atom. The summed E-state index contributed by atoms with van der Waals surface area (Å²) in [5.41, 5.74) is 9.04. The van der Waals surface area contributed by atoms with E-state index in [0.717, 1.165) is 4.57 Å². The third-order valence-corrected chi connectivity index (χ3v) is 3.67.